The third-order valence-electron chi connectivity index (χ3n) is 5.70. The third-order valence-corrected chi connectivity index (χ3v) is 5.70. The highest BCUT2D eigenvalue weighted by Crippen LogP contribution is 2.32. The number of carbonyl (C=O) groups excluding carboxylic acids is 3. The summed E-state index contributed by atoms with van der Waals surface area (Å²) in [6, 6.07) is 2.89. The van der Waals surface area contributed by atoms with E-state index in [1.807, 2.05) is 0 Å². The van der Waals surface area contributed by atoms with Gasteiger partial charge in [0.2, 0.25) is 0 Å². The SMILES string of the molecule is CCOC(=O)C(C)(C)Oc1c(C)cc(CN2C(=O)CN(C3=CC=CC(OC(F)(F)F)C3)C2=O)cc1C. The molecule has 11 heteroatoms. The number of amides is 3. The summed E-state index contributed by atoms with van der Waals surface area (Å²) < 4.78 is 52.8. The molecule has 0 saturated carbocycles. The van der Waals surface area contributed by atoms with Crippen LogP contribution in [0.2, 0.25) is 0 Å². The van der Waals surface area contributed by atoms with Gasteiger partial charge in [0.1, 0.15) is 12.3 Å². The van der Waals surface area contributed by atoms with E-state index in [1.165, 1.54) is 18.2 Å². The first kappa shape index (κ1) is 27.3. The molecule has 1 saturated heterocycles. The summed E-state index contributed by atoms with van der Waals surface area (Å²) in [5.74, 6) is -0.480. The largest absolute Gasteiger partial charge is 0.523 e. The van der Waals surface area contributed by atoms with Crippen LogP contribution in [0, 0.1) is 13.8 Å². The van der Waals surface area contributed by atoms with Crippen molar-refractivity contribution in [2.45, 2.75) is 65.7 Å². The smallest absolute Gasteiger partial charge is 0.476 e. The van der Waals surface area contributed by atoms with E-state index < -0.39 is 36.0 Å². The molecule has 1 aliphatic heterocycles. The molecule has 0 N–H and O–H groups in total. The summed E-state index contributed by atoms with van der Waals surface area (Å²) in [6.45, 7) is 8.41. The molecule has 36 heavy (non-hydrogen) atoms. The minimum Gasteiger partial charge on any atom is -0.476 e. The van der Waals surface area contributed by atoms with E-state index in [0.717, 1.165) is 9.80 Å². The van der Waals surface area contributed by atoms with E-state index in [-0.39, 0.29) is 31.8 Å². The van der Waals surface area contributed by atoms with Crippen molar-refractivity contribution in [3.63, 3.8) is 0 Å². The molecule has 1 heterocycles. The lowest BCUT2D eigenvalue weighted by Gasteiger charge is -2.27. The minimum atomic E-state index is -4.81. The first-order chi connectivity index (χ1) is 16.7. The second-order valence-electron chi connectivity index (χ2n) is 9.09. The van der Waals surface area contributed by atoms with Crippen molar-refractivity contribution < 1.29 is 41.8 Å². The number of alkyl halides is 3. The number of halogens is 3. The summed E-state index contributed by atoms with van der Waals surface area (Å²) >= 11 is 0. The number of benzene rings is 1. The molecule has 196 valence electrons. The Labute approximate surface area is 207 Å². The van der Waals surface area contributed by atoms with E-state index in [2.05, 4.69) is 4.74 Å². The van der Waals surface area contributed by atoms with Crippen LogP contribution in [0.5, 0.6) is 5.75 Å². The van der Waals surface area contributed by atoms with Crippen molar-refractivity contribution in [1.29, 1.82) is 0 Å². The predicted octanol–water partition coefficient (Wildman–Crippen LogP) is 4.54. The Morgan fingerprint density at radius 2 is 1.78 bits per heavy atom. The molecule has 0 spiro atoms. The van der Waals surface area contributed by atoms with Gasteiger partial charge >= 0.3 is 18.4 Å². The summed E-state index contributed by atoms with van der Waals surface area (Å²) in [6.07, 6.45) is -2.17. The Kier molecular flexibility index (Phi) is 7.82. The number of rotatable bonds is 8. The van der Waals surface area contributed by atoms with Gasteiger partial charge in [-0.1, -0.05) is 24.3 Å². The van der Waals surface area contributed by atoms with Gasteiger partial charge in [0.15, 0.2) is 5.60 Å². The molecule has 8 nitrogen and oxygen atoms in total. The van der Waals surface area contributed by atoms with Gasteiger partial charge in [-0.05, 0) is 57.4 Å². The molecule has 3 amide bonds. The molecule has 0 bridgehead atoms. The second-order valence-corrected chi connectivity index (χ2v) is 9.09. The minimum absolute atomic E-state index is 0.0248. The molecule has 0 aromatic heterocycles. The topological polar surface area (TPSA) is 85.4 Å². The van der Waals surface area contributed by atoms with E-state index in [1.54, 1.807) is 46.8 Å². The lowest BCUT2D eigenvalue weighted by atomic mass is 10.0. The van der Waals surface area contributed by atoms with E-state index in [4.69, 9.17) is 9.47 Å². The first-order valence-corrected chi connectivity index (χ1v) is 11.4. The molecule has 0 radical (unpaired) electrons. The Bertz CT molecular complexity index is 1090. The molecule has 1 unspecified atom stereocenters. The summed E-state index contributed by atoms with van der Waals surface area (Å²) in [7, 11) is 0. The quantitative estimate of drug-likeness (QED) is 0.377. The third kappa shape index (κ3) is 6.26. The van der Waals surface area contributed by atoms with E-state index >= 15 is 0 Å². The lowest BCUT2D eigenvalue weighted by Crippen LogP contribution is -2.40. The number of urea groups is 1. The van der Waals surface area contributed by atoms with Crippen molar-refractivity contribution in [3.05, 3.63) is 52.7 Å². The van der Waals surface area contributed by atoms with E-state index in [0.29, 0.717) is 22.4 Å². The van der Waals surface area contributed by atoms with Crippen LogP contribution in [0.3, 0.4) is 0 Å². The number of hydrogen-bond donors (Lipinski definition) is 0. The number of ether oxygens (including phenoxy) is 3. The van der Waals surface area contributed by atoms with Crippen molar-refractivity contribution in [2.75, 3.05) is 13.2 Å². The van der Waals surface area contributed by atoms with E-state index in [9.17, 15) is 27.6 Å². The zero-order chi connectivity index (χ0) is 26.8. The molecule has 1 fully saturated rings. The number of carbonyl (C=O) groups is 3. The van der Waals surface area contributed by atoms with Gasteiger partial charge < -0.3 is 9.47 Å². The number of aryl methyl sites for hydroxylation is 2. The van der Waals surface area contributed by atoms with Crippen LogP contribution >= 0.6 is 0 Å². The number of esters is 1. The number of imide groups is 1. The van der Waals surface area contributed by atoms with Crippen LogP contribution in [0.4, 0.5) is 18.0 Å². The number of allylic oxidation sites excluding steroid dienone is 2. The Morgan fingerprint density at radius 3 is 2.36 bits per heavy atom. The molecule has 1 aromatic rings. The van der Waals surface area contributed by atoms with Crippen molar-refractivity contribution in [1.82, 2.24) is 9.80 Å². The van der Waals surface area contributed by atoms with Gasteiger partial charge in [-0.3, -0.25) is 19.3 Å². The normalized spacial score (nSPS) is 18.6. The lowest BCUT2D eigenvalue weighted by molar-refractivity contribution is -0.336. The van der Waals surface area contributed by atoms with Crippen LogP contribution < -0.4 is 4.74 Å². The van der Waals surface area contributed by atoms with Gasteiger partial charge in [-0.15, -0.1) is 13.2 Å². The molecular weight excluding hydrogens is 481 g/mol. The maximum atomic E-state index is 13.0. The highest BCUT2D eigenvalue weighted by atomic mass is 19.4. The molecular formula is C25H29F3N2O6. The van der Waals surface area contributed by atoms with Gasteiger partial charge in [-0.2, -0.15) is 0 Å². The van der Waals surface area contributed by atoms with Crippen LogP contribution in [0.1, 0.15) is 43.9 Å². The van der Waals surface area contributed by atoms with Gasteiger partial charge in [0.25, 0.3) is 5.91 Å². The standard InChI is InChI=1S/C25H29F3N2O6/c1-6-34-22(32)24(4,5)36-21-15(2)10-17(11-16(21)3)13-30-20(31)14-29(23(30)33)18-8-7-9-19(12-18)35-25(26,27)28/h7-11,19H,6,12-14H2,1-5H3. The summed E-state index contributed by atoms with van der Waals surface area (Å²) in [4.78, 5) is 40.1. The Hall–Kier alpha value is -3.34. The zero-order valence-electron chi connectivity index (χ0n) is 20.8. The number of nitrogens with zero attached hydrogens (tertiary/aromatic N) is 2. The predicted molar refractivity (Wildman–Crippen MR) is 123 cm³/mol. The highest BCUT2D eigenvalue weighted by molar-refractivity contribution is 6.02. The van der Waals surface area contributed by atoms with Gasteiger partial charge in [0.05, 0.1) is 19.3 Å². The maximum absolute atomic E-state index is 13.0. The average Bonchev–Trinajstić information content (AvgIpc) is 3.04. The van der Waals surface area contributed by atoms with Crippen LogP contribution in [-0.4, -0.2) is 58.9 Å². The van der Waals surface area contributed by atoms with Crippen molar-refractivity contribution in [3.8, 4) is 5.75 Å². The van der Waals surface area contributed by atoms with Crippen LogP contribution in [0.25, 0.3) is 0 Å². The van der Waals surface area contributed by atoms with Crippen LogP contribution in [0.15, 0.2) is 36.1 Å². The number of hydrogen-bond acceptors (Lipinski definition) is 6. The monoisotopic (exact) mass is 510 g/mol. The first-order valence-electron chi connectivity index (χ1n) is 11.4. The Balaban J connectivity index is 1.73. The molecule has 1 aromatic carbocycles. The summed E-state index contributed by atoms with van der Waals surface area (Å²) in [5.41, 5.74) is 1.11. The summed E-state index contributed by atoms with van der Waals surface area (Å²) in [5, 5.41) is 0. The van der Waals surface area contributed by atoms with Crippen LogP contribution in [-0.2, 0) is 25.6 Å². The fraction of sp³-hybridized carbons (Fsp3) is 0.480. The maximum Gasteiger partial charge on any atom is 0.523 e. The Morgan fingerprint density at radius 1 is 1.14 bits per heavy atom. The highest BCUT2D eigenvalue weighted by Gasteiger charge is 2.40. The molecule has 1 atom stereocenters. The van der Waals surface area contributed by atoms with Gasteiger partial charge in [-0.25, -0.2) is 9.59 Å². The fourth-order valence-electron chi connectivity index (χ4n) is 4.08. The van der Waals surface area contributed by atoms with Crippen molar-refractivity contribution in [2.24, 2.45) is 0 Å². The van der Waals surface area contributed by atoms with Gasteiger partial charge in [0, 0.05) is 12.1 Å². The zero-order valence-corrected chi connectivity index (χ0v) is 20.8. The average molecular weight is 511 g/mol. The van der Waals surface area contributed by atoms with Crippen molar-refractivity contribution >= 4 is 17.9 Å². The second kappa shape index (κ2) is 10.3. The fourth-order valence-corrected chi connectivity index (χ4v) is 4.08. The molecule has 1 aliphatic carbocycles. The molecule has 3 rings (SSSR count). The molecule has 2 aliphatic rings.